The molecule has 1 unspecified atom stereocenters. The first kappa shape index (κ1) is 18.4. The third-order valence-electron chi connectivity index (χ3n) is 4.23. The number of rotatable bonds is 5. The molecule has 3 rings (SSSR count). The summed E-state index contributed by atoms with van der Waals surface area (Å²) in [5.41, 5.74) is 2.37. The topological polar surface area (TPSA) is 58.2 Å². The average Bonchev–Trinajstić information content (AvgIpc) is 3.10. The zero-order valence-corrected chi connectivity index (χ0v) is 14.5. The summed E-state index contributed by atoms with van der Waals surface area (Å²) in [6.45, 7) is 0.402. The van der Waals surface area contributed by atoms with Crippen molar-refractivity contribution in [1.29, 1.82) is 0 Å². The van der Waals surface area contributed by atoms with E-state index in [-0.39, 0.29) is 10.9 Å². The number of hydrogen-bond acceptors (Lipinski definition) is 4. The number of benzene rings is 1. The Morgan fingerprint density at radius 3 is 2.65 bits per heavy atom. The van der Waals surface area contributed by atoms with Gasteiger partial charge < -0.3 is 10.6 Å². The van der Waals surface area contributed by atoms with Crippen molar-refractivity contribution in [2.24, 2.45) is 0 Å². The highest BCUT2D eigenvalue weighted by Crippen LogP contribution is 2.27. The van der Waals surface area contributed by atoms with Gasteiger partial charge in [-0.1, -0.05) is 18.2 Å². The molecule has 0 aliphatic carbocycles. The van der Waals surface area contributed by atoms with Gasteiger partial charge in [-0.15, -0.1) is 11.3 Å². The van der Waals surface area contributed by atoms with Crippen LogP contribution in [0.15, 0.2) is 36.4 Å². The van der Waals surface area contributed by atoms with Crippen LogP contribution in [0.4, 0.5) is 18.9 Å². The maximum atomic E-state index is 12.4. The maximum Gasteiger partial charge on any atom is 0.455 e. The number of hydrogen-bond donors (Lipinski definition) is 2. The minimum Gasteiger partial charge on any atom is -0.382 e. The SMILES string of the molecule is O=C(NCCC1CCc2ccccc2N1)c1ccc(C(=O)C(F)(F)F)s1. The van der Waals surface area contributed by atoms with Gasteiger partial charge in [0.2, 0.25) is 0 Å². The molecular formula is C18H17F3N2O2S. The zero-order chi connectivity index (χ0) is 18.7. The number of amides is 1. The average molecular weight is 382 g/mol. The van der Waals surface area contributed by atoms with E-state index in [0.29, 0.717) is 24.3 Å². The maximum absolute atomic E-state index is 12.4. The molecule has 1 aliphatic heterocycles. The minimum atomic E-state index is -4.93. The Morgan fingerprint density at radius 2 is 1.88 bits per heavy atom. The standard InChI is InChI=1S/C18H17F3N2O2S/c19-18(20,21)16(24)14-7-8-15(26-14)17(25)22-10-9-12-6-5-11-3-1-2-4-13(11)23-12/h1-4,7-8,12,23H,5-6,9-10H2,(H,22,25). The van der Waals surface area contributed by atoms with Crippen LogP contribution >= 0.6 is 11.3 Å². The number of alkyl halides is 3. The Bertz CT molecular complexity index is 817. The van der Waals surface area contributed by atoms with Gasteiger partial charge in [-0.25, -0.2) is 0 Å². The van der Waals surface area contributed by atoms with Crippen LogP contribution in [0.1, 0.15) is 37.7 Å². The van der Waals surface area contributed by atoms with E-state index >= 15 is 0 Å². The number of para-hydroxylation sites is 1. The van der Waals surface area contributed by atoms with E-state index in [9.17, 15) is 22.8 Å². The van der Waals surface area contributed by atoms with Crippen molar-refractivity contribution in [2.45, 2.75) is 31.5 Å². The summed E-state index contributed by atoms with van der Waals surface area (Å²) >= 11 is 0.555. The lowest BCUT2D eigenvalue weighted by atomic mass is 9.96. The van der Waals surface area contributed by atoms with Gasteiger partial charge in [0.25, 0.3) is 11.7 Å². The number of fused-ring (bicyclic) bond motifs is 1. The minimum absolute atomic E-state index is 0.0968. The molecule has 1 amide bonds. The number of halogens is 3. The fourth-order valence-electron chi connectivity index (χ4n) is 2.89. The number of Topliss-reactive ketones (excluding diaryl/α,β-unsaturated/α-hetero) is 1. The number of nitrogens with one attached hydrogen (secondary N) is 2. The van der Waals surface area contributed by atoms with Crippen LogP contribution in [0.5, 0.6) is 0 Å². The molecule has 138 valence electrons. The molecule has 8 heteroatoms. The number of ketones is 1. The van der Waals surface area contributed by atoms with Crippen molar-refractivity contribution in [3.05, 3.63) is 51.7 Å². The number of aryl methyl sites for hydroxylation is 1. The lowest BCUT2D eigenvalue weighted by Gasteiger charge is -2.27. The molecule has 1 aromatic carbocycles. The number of anilines is 1. The van der Waals surface area contributed by atoms with Crippen LogP contribution in [0, 0.1) is 0 Å². The Morgan fingerprint density at radius 1 is 1.15 bits per heavy atom. The van der Waals surface area contributed by atoms with Gasteiger partial charge in [0.15, 0.2) is 0 Å². The van der Waals surface area contributed by atoms with Crippen LogP contribution in [0.3, 0.4) is 0 Å². The first-order chi connectivity index (χ1) is 12.3. The van der Waals surface area contributed by atoms with Gasteiger partial charge in [0.05, 0.1) is 9.75 Å². The van der Waals surface area contributed by atoms with Gasteiger partial charge in [-0.3, -0.25) is 9.59 Å². The van der Waals surface area contributed by atoms with Crippen molar-refractivity contribution in [3.63, 3.8) is 0 Å². The van der Waals surface area contributed by atoms with Crippen LogP contribution in [-0.4, -0.2) is 30.5 Å². The molecule has 2 heterocycles. The van der Waals surface area contributed by atoms with Crippen molar-refractivity contribution < 1.29 is 22.8 Å². The highest BCUT2D eigenvalue weighted by molar-refractivity contribution is 7.16. The predicted molar refractivity (Wildman–Crippen MR) is 93.8 cm³/mol. The molecule has 0 spiro atoms. The quantitative estimate of drug-likeness (QED) is 0.768. The highest BCUT2D eigenvalue weighted by Gasteiger charge is 2.40. The van der Waals surface area contributed by atoms with E-state index in [1.54, 1.807) is 0 Å². The molecule has 2 aromatic rings. The fourth-order valence-corrected chi connectivity index (χ4v) is 3.77. The Kier molecular flexibility index (Phi) is 5.31. The van der Waals surface area contributed by atoms with E-state index in [1.807, 2.05) is 18.2 Å². The van der Waals surface area contributed by atoms with Crippen molar-refractivity contribution in [3.8, 4) is 0 Å². The van der Waals surface area contributed by atoms with Crippen LogP contribution in [-0.2, 0) is 6.42 Å². The van der Waals surface area contributed by atoms with Gasteiger partial charge in [-0.05, 0) is 43.0 Å². The van der Waals surface area contributed by atoms with E-state index in [0.717, 1.165) is 24.6 Å². The molecule has 0 saturated carbocycles. The van der Waals surface area contributed by atoms with Crippen LogP contribution in [0.25, 0.3) is 0 Å². The van der Waals surface area contributed by atoms with Crippen molar-refractivity contribution >= 4 is 28.7 Å². The summed E-state index contributed by atoms with van der Waals surface area (Å²) in [6, 6.07) is 10.6. The van der Waals surface area contributed by atoms with Gasteiger partial charge >= 0.3 is 6.18 Å². The van der Waals surface area contributed by atoms with Crippen molar-refractivity contribution in [2.75, 3.05) is 11.9 Å². The molecule has 4 nitrogen and oxygen atoms in total. The summed E-state index contributed by atoms with van der Waals surface area (Å²) in [7, 11) is 0. The second kappa shape index (κ2) is 7.49. The molecule has 1 aliphatic rings. The Labute approximate surface area is 152 Å². The second-order valence-corrected chi connectivity index (χ2v) is 7.16. The summed E-state index contributed by atoms with van der Waals surface area (Å²) in [6.07, 6.45) is -2.30. The van der Waals surface area contributed by atoms with E-state index < -0.39 is 22.7 Å². The smallest absolute Gasteiger partial charge is 0.382 e. The zero-order valence-electron chi connectivity index (χ0n) is 13.7. The van der Waals surface area contributed by atoms with Crippen molar-refractivity contribution in [1.82, 2.24) is 5.32 Å². The molecular weight excluding hydrogens is 365 g/mol. The van der Waals surface area contributed by atoms with E-state index in [1.165, 1.54) is 11.6 Å². The molecule has 1 atom stereocenters. The van der Waals surface area contributed by atoms with Gasteiger partial charge in [0, 0.05) is 18.3 Å². The summed E-state index contributed by atoms with van der Waals surface area (Å²) in [5.74, 6) is -2.39. The first-order valence-corrected chi connectivity index (χ1v) is 9.00. The summed E-state index contributed by atoms with van der Waals surface area (Å²) < 4.78 is 37.2. The number of thiophene rings is 1. The third kappa shape index (κ3) is 4.24. The summed E-state index contributed by atoms with van der Waals surface area (Å²) in [5, 5.41) is 6.13. The summed E-state index contributed by atoms with van der Waals surface area (Å²) in [4.78, 5) is 22.8. The highest BCUT2D eigenvalue weighted by atomic mass is 32.1. The molecule has 0 fully saturated rings. The van der Waals surface area contributed by atoms with E-state index in [2.05, 4.69) is 16.7 Å². The molecule has 0 saturated heterocycles. The lowest BCUT2D eigenvalue weighted by Crippen LogP contribution is -2.31. The largest absolute Gasteiger partial charge is 0.455 e. The molecule has 0 radical (unpaired) electrons. The first-order valence-electron chi connectivity index (χ1n) is 8.18. The van der Waals surface area contributed by atoms with Crippen LogP contribution < -0.4 is 10.6 Å². The fraction of sp³-hybridized carbons (Fsp3) is 0.333. The molecule has 2 N–H and O–H groups in total. The lowest BCUT2D eigenvalue weighted by molar-refractivity contribution is -0.0882. The third-order valence-corrected chi connectivity index (χ3v) is 5.31. The predicted octanol–water partition coefficient (Wildman–Crippen LogP) is 4.04. The molecule has 0 bridgehead atoms. The van der Waals surface area contributed by atoms with E-state index in [4.69, 9.17) is 0 Å². The Hall–Kier alpha value is -2.35. The number of carbonyl (C=O) groups excluding carboxylic acids is 2. The molecule has 26 heavy (non-hydrogen) atoms. The number of carbonyl (C=O) groups is 2. The normalized spacial score (nSPS) is 16.5. The second-order valence-electron chi connectivity index (χ2n) is 6.07. The van der Waals surface area contributed by atoms with Gasteiger partial charge in [-0.2, -0.15) is 13.2 Å². The monoisotopic (exact) mass is 382 g/mol. The van der Waals surface area contributed by atoms with Crippen LogP contribution in [0.2, 0.25) is 0 Å². The van der Waals surface area contributed by atoms with Gasteiger partial charge in [0.1, 0.15) is 0 Å². The molecule has 1 aromatic heterocycles. The Balaban J connectivity index is 1.49.